The fraction of sp³-hybridized carbons (Fsp3) is 0.421. The van der Waals surface area contributed by atoms with Gasteiger partial charge in [-0.3, -0.25) is 0 Å². The Balaban J connectivity index is 1.79. The van der Waals surface area contributed by atoms with Gasteiger partial charge < -0.3 is 9.72 Å². The van der Waals surface area contributed by atoms with Crippen molar-refractivity contribution in [2.75, 3.05) is 6.61 Å². The number of aromatic amines is 1. The van der Waals surface area contributed by atoms with Gasteiger partial charge in [0.1, 0.15) is 5.69 Å². The molecule has 2 bridgehead atoms. The van der Waals surface area contributed by atoms with E-state index < -0.39 is 26.4 Å². The summed E-state index contributed by atoms with van der Waals surface area (Å²) in [6.07, 6.45) is 3.28. The lowest BCUT2D eigenvalue weighted by Crippen LogP contribution is -2.47. The molecule has 0 radical (unpaired) electrons. The van der Waals surface area contributed by atoms with Crippen LogP contribution in [0.3, 0.4) is 0 Å². The number of carbonyl (C=O) groups is 1. The van der Waals surface area contributed by atoms with Crippen LogP contribution in [0.5, 0.6) is 0 Å². The maximum atomic E-state index is 13.3. The van der Waals surface area contributed by atoms with Crippen LogP contribution in [-0.4, -0.2) is 36.6 Å². The average Bonchev–Trinajstić information content (AvgIpc) is 3.09. The van der Waals surface area contributed by atoms with Crippen LogP contribution < -0.4 is 0 Å². The summed E-state index contributed by atoms with van der Waals surface area (Å²) in [5, 5.41) is -1.26. The Kier molecular flexibility index (Phi) is 4.35. The van der Waals surface area contributed by atoms with Crippen molar-refractivity contribution in [3.63, 3.8) is 0 Å². The highest BCUT2D eigenvalue weighted by Gasteiger charge is 2.53. The van der Waals surface area contributed by atoms with Crippen molar-refractivity contribution >= 4 is 27.4 Å². The topological polar surface area (TPSA) is 76.2 Å². The summed E-state index contributed by atoms with van der Waals surface area (Å²) < 4.78 is 31.6. The van der Waals surface area contributed by atoms with Crippen LogP contribution >= 0.6 is 11.6 Å². The first-order valence-corrected chi connectivity index (χ1v) is 10.8. The minimum atomic E-state index is -3.57. The molecule has 2 aromatic rings. The molecule has 0 unspecified atom stereocenters. The van der Waals surface area contributed by atoms with E-state index in [2.05, 4.69) is 4.98 Å². The van der Waals surface area contributed by atoms with Gasteiger partial charge in [-0.2, -0.15) is 0 Å². The Morgan fingerprint density at radius 2 is 1.92 bits per heavy atom. The maximum absolute atomic E-state index is 13.3. The molecule has 1 saturated carbocycles. The third kappa shape index (κ3) is 2.50. The van der Waals surface area contributed by atoms with Crippen molar-refractivity contribution in [1.82, 2.24) is 4.98 Å². The smallest absolute Gasteiger partial charge is 0.355 e. The molecule has 7 heteroatoms. The summed E-state index contributed by atoms with van der Waals surface area (Å²) in [5.41, 5.74) is 2.16. The van der Waals surface area contributed by atoms with E-state index in [1.165, 1.54) is 0 Å². The zero-order chi connectivity index (χ0) is 18.5. The predicted octanol–water partition coefficient (Wildman–Crippen LogP) is 3.62. The van der Waals surface area contributed by atoms with Crippen LogP contribution in [0, 0.1) is 0 Å². The number of carbonyl (C=O) groups excluding carboxylic acids is 1. The van der Waals surface area contributed by atoms with E-state index in [0.29, 0.717) is 10.6 Å². The number of hydrogen-bond donors (Lipinski definition) is 1. The van der Waals surface area contributed by atoms with Gasteiger partial charge in [-0.25, -0.2) is 13.2 Å². The van der Waals surface area contributed by atoms with E-state index in [1.54, 1.807) is 43.5 Å². The van der Waals surface area contributed by atoms with Gasteiger partial charge in [-0.05, 0) is 43.0 Å². The normalized spacial score (nSPS) is 27.2. The maximum Gasteiger partial charge on any atom is 0.355 e. The molecule has 0 amide bonds. The zero-order valence-corrected chi connectivity index (χ0v) is 15.9. The van der Waals surface area contributed by atoms with Crippen molar-refractivity contribution in [3.05, 3.63) is 53.3 Å². The summed E-state index contributed by atoms with van der Waals surface area (Å²) in [6.45, 7) is 2.04. The van der Waals surface area contributed by atoms with Gasteiger partial charge in [0.05, 0.1) is 22.1 Å². The SMILES string of the molecule is CCOC(=O)c1[nH]cc2c1[C@@H]1CC[C@H]2[C@H](S(=O)(=O)c2ccccc2)[C@H]1Cl. The number of halogens is 1. The number of rotatable bonds is 4. The number of fused-ring (bicyclic) bond motifs is 2. The second-order valence-corrected chi connectivity index (χ2v) is 9.42. The fourth-order valence-electron chi connectivity index (χ4n) is 4.45. The number of alkyl halides is 1. The molecule has 1 aromatic carbocycles. The number of ether oxygens (including phenoxy) is 1. The lowest BCUT2D eigenvalue weighted by molar-refractivity contribution is 0.0517. The van der Waals surface area contributed by atoms with Gasteiger partial charge in [0.15, 0.2) is 9.84 Å². The highest BCUT2D eigenvalue weighted by Crippen LogP contribution is 2.55. The molecule has 1 fully saturated rings. The van der Waals surface area contributed by atoms with Gasteiger partial charge in [0.25, 0.3) is 0 Å². The third-order valence-electron chi connectivity index (χ3n) is 5.52. The fourth-order valence-corrected chi connectivity index (χ4v) is 7.38. The molecule has 3 aliphatic carbocycles. The molecule has 4 atom stereocenters. The number of hydrogen-bond acceptors (Lipinski definition) is 4. The van der Waals surface area contributed by atoms with Crippen molar-refractivity contribution < 1.29 is 17.9 Å². The van der Waals surface area contributed by atoms with Gasteiger partial charge in [-0.15, -0.1) is 11.6 Å². The summed E-state index contributed by atoms with van der Waals surface area (Å²) in [5.74, 6) is -0.805. The Hall–Kier alpha value is -1.79. The Morgan fingerprint density at radius 3 is 2.62 bits per heavy atom. The van der Waals surface area contributed by atoms with Crippen LogP contribution in [0.2, 0.25) is 0 Å². The molecular formula is C19H20ClNO4S. The number of aromatic nitrogens is 1. The molecule has 5 nitrogen and oxygen atoms in total. The molecule has 5 rings (SSSR count). The highest BCUT2D eigenvalue weighted by atomic mass is 35.5. The largest absolute Gasteiger partial charge is 0.461 e. The van der Waals surface area contributed by atoms with Gasteiger partial charge >= 0.3 is 5.97 Å². The van der Waals surface area contributed by atoms with E-state index in [4.69, 9.17) is 16.3 Å². The lowest BCUT2D eigenvalue weighted by Gasteiger charge is -2.45. The highest BCUT2D eigenvalue weighted by molar-refractivity contribution is 7.92. The molecule has 138 valence electrons. The Morgan fingerprint density at radius 1 is 1.23 bits per heavy atom. The summed E-state index contributed by atoms with van der Waals surface area (Å²) in [4.78, 5) is 15.5. The molecular weight excluding hydrogens is 374 g/mol. The van der Waals surface area contributed by atoms with Crippen LogP contribution in [-0.2, 0) is 14.6 Å². The minimum absolute atomic E-state index is 0.175. The second kappa shape index (κ2) is 6.43. The number of nitrogens with one attached hydrogen (secondary N) is 1. The van der Waals surface area contributed by atoms with Gasteiger partial charge in [0, 0.05) is 18.0 Å². The summed E-state index contributed by atoms with van der Waals surface area (Å²) >= 11 is 6.71. The van der Waals surface area contributed by atoms with Crippen molar-refractivity contribution in [2.45, 2.75) is 47.1 Å². The molecule has 1 heterocycles. The summed E-state index contributed by atoms with van der Waals surface area (Å²) in [6, 6.07) is 8.46. The quantitative estimate of drug-likeness (QED) is 0.635. The van der Waals surface area contributed by atoms with E-state index in [-0.39, 0.29) is 18.4 Å². The molecule has 0 spiro atoms. The second-order valence-electron chi connectivity index (χ2n) is 6.81. The zero-order valence-electron chi connectivity index (χ0n) is 14.3. The first-order chi connectivity index (χ1) is 12.5. The van der Waals surface area contributed by atoms with E-state index in [9.17, 15) is 13.2 Å². The average molecular weight is 394 g/mol. The first kappa shape index (κ1) is 17.6. The molecule has 3 aliphatic rings. The van der Waals surface area contributed by atoms with Crippen molar-refractivity contribution in [1.29, 1.82) is 0 Å². The third-order valence-corrected chi connectivity index (χ3v) is 8.51. The minimum Gasteiger partial charge on any atom is -0.461 e. The molecule has 1 N–H and O–H groups in total. The van der Waals surface area contributed by atoms with Crippen LogP contribution in [0.1, 0.15) is 53.2 Å². The number of sulfone groups is 1. The van der Waals surface area contributed by atoms with Gasteiger partial charge in [-0.1, -0.05) is 18.2 Å². The monoisotopic (exact) mass is 393 g/mol. The van der Waals surface area contributed by atoms with E-state index in [1.807, 2.05) is 0 Å². The van der Waals surface area contributed by atoms with Crippen LogP contribution in [0.15, 0.2) is 41.4 Å². The van der Waals surface area contributed by atoms with E-state index >= 15 is 0 Å². The molecule has 0 saturated heterocycles. The predicted molar refractivity (Wildman–Crippen MR) is 98.5 cm³/mol. The van der Waals surface area contributed by atoms with Gasteiger partial charge in [0.2, 0.25) is 0 Å². The van der Waals surface area contributed by atoms with Crippen molar-refractivity contribution in [2.24, 2.45) is 0 Å². The number of H-pyrrole nitrogens is 1. The lowest BCUT2D eigenvalue weighted by atomic mass is 9.67. The Bertz CT molecular complexity index is 938. The number of benzene rings is 1. The van der Waals surface area contributed by atoms with Crippen molar-refractivity contribution in [3.8, 4) is 0 Å². The first-order valence-electron chi connectivity index (χ1n) is 8.78. The van der Waals surface area contributed by atoms with Crippen LogP contribution in [0.4, 0.5) is 0 Å². The molecule has 1 aromatic heterocycles. The Labute approximate surface area is 157 Å². The molecule has 26 heavy (non-hydrogen) atoms. The standard InChI is InChI=1S/C19H20ClNO4S/c1-2-25-19(22)17-15-13-9-8-12(14(15)10-21-17)18(16(13)20)26(23,24)11-6-4-3-5-7-11/h3-7,10,12-13,16,18,21H,2,8-9H2,1H3/t12-,13+,16+,18+/m1/s1. The van der Waals surface area contributed by atoms with Crippen LogP contribution in [0.25, 0.3) is 0 Å². The molecule has 0 aliphatic heterocycles. The van der Waals surface area contributed by atoms with E-state index in [0.717, 1.165) is 24.0 Å². The number of esters is 1. The summed E-state index contributed by atoms with van der Waals surface area (Å²) in [7, 11) is -3.57.